The van der Waals surface area contributed by atoms with Crippen molar-refractivity contribution in [1.29, 1.82) is 0 Å². The quantitative estimate of drug-likeness (QED) is 0.933. The van der Waals surface area contributed by atoms with E-state index in [0.29, 0.717) is 5.69 Å². The van der Waals surface area contributed by atoms with E-state index in [2.05, 4.69) is 4.72 Å². The second kappa shape index (κ2) is 5.67. The fourth-order valence-corrected chi connectivity index (χ4v) is 2.97. The summed E-state index contributed by atoms with van der Waals surface area (Å²) in [6, 6.07) is 12.5. The van der Waals surface area contributed by atoms with Crippen LogP contribution >= 0.6 is 0 Å². The van der Waals surface area contributed by atoms with Crippen LogP contribution in [0.1, 0.15) is 23.6 Å². The third kappa shape index (κ3) is 3.20. The van der Waals surface area contributed by atoms with Crippen molar-refractivity contribution in [1.82, 2.24) is 0 Å². The van der Waals surface area contributed by atoms with E-state index in [1.54, 1.807) is 18.2 Å². The number of aryl methyl sites for hydroxylation is 3. The van der Waals surface area contributed by atoms with Gasteiger partial charge in [-0.3, -0.25) is 4.72 Å². The minimum absolute atomic E-state index is 0.285. The van der Waals surface area contributed by atoms with Gasteiger partial charge >= 0.3 is 0 Å². The normalized spacial score (nSPS) is 11.3. The maximum atomic E-state index is 12.3. The molecule has 0 aliphatic heterocycles. The molecule has 1 N–H and O–H groups in total. The Morgan fingerprint density at radius 3 is 2.15 bits per heavy atom. The van der Waals surface area contributed by atoms with Crippen LogP contribution < -0.4 is 4.72 Å². The molecule has 2 rings (SSSR count). The van der Waals surface area contributed by atoms with Gasteiger partial charge in [-0.2, -0.15) is 0 Å². The summed E-state index contributed by atoms with van der Waals surface area (Å²) >= 11 is 0. The predicted octanol–water partition coefficient (Wildman–Crippen LogP) is 3.67. The average molecular weight is 289 g/mol. The molecule has 2 aromatic carbocycles. The molecule has 0 aromatic heterocycles. The Bertz CT molecular complexity index is 704. The summed E-state index contributed by atoms with van der Waals surface area (Å²) in [5.41, 5.74) is 3.91. The number of nitrogens with one attached hydrogen (secondary N) is 1. The van der Waals surface area contributed by atoms with Crippen molar-refractivity contribution < 1.29 is 8.42 Å². The highest BCUT2D eigenvalue weighted by Gasteiger charge is 2.14. The van der Waals surface area contributed by atoms with Gasteiger partial charge in [0.15, 0.2) is 0 Å². The maximum Gasteiger partial charge on any atom is 0.261 e. The zero-order chi connectivity index (χ0) is 14.8. The summed E-state index contributed by atoms with van der Waals surface area (Å²) < 4.78 is 27.2. The number of sulfonamides is 1. The summed E-state index contributed by atoms with van der Waals surface area (Å²) in [4.78, 5) is 0.285. The summed E-state index contributed by atoms with van der Waals surface area (Å²) in [5.74, 6) is 0. The lowest BCUT2D eigenvalue weighted by atomic mass is 10.1. The van der Waals surface area contributed by atoms with Crippen LogP contribution in [0.25, 0.3) is 0 Å². The summed E-state index contributed by atoms with van der Waals surface area (Å²) in [7, 11) is -3.52. The van der Waals surface area contributed by atoms with Crippen LogP contribution in [0.3, 0.4) is 0 Å². The molecule has 0 saturated heterocycles. The monoisotopic (exact) mass is 289 g/mol. The predicted molar refractivity (Wildman–Crippen MR) is 82.5 cm³/mol. The third-order valence-corrected chi connectivity index (χ3v) is 4.80. The topological polar surface area (TPSA) is 46.2 Å². The zero-order valence-electron chi connectivity index (χ0n) is 12.0. The van der Waals surface area contributed by atoms with Crippen LogP contribution in [0.5, 0.6) is 0 Å². The van der Waals surface area contributed by atoms with Gasteiger partial charge in [-0.05, 0) is 61.2 Å². The molecule has 0 aliphatic rings. The number of rotatable bonds is 4. The third-order valence-electron chi connectivity index (χ3n) is 3.40. The number of anilines is 1. The van der Waals surface area contributed by atoms with E-state index in [-0.39, 0.29) is 4.90 Å². The van der Waals surface area contributed by atoms with Crippen molar-refractivity contribution in [2.24, 2.45) is 0 Å². The minimum atomic E-state index is -3.52. The SMILES string of the molecule is CCc1ccc(S(=O)(=O)Nc2ccc(C)c(C)c2)cc1. The zero-order valence-corrected chi connectivity index (χ0v) is 12.8. The largest absolute Gasteiger partial charge is 0.280 e. The molecule has 0 fully saturated rings. The Hall–Kier alpha value is -1.81. The molecular formula is C16H19NO2S. The molecule has 0 spiro atoms. The van der Waals surface area contributed by atoms with Crippen molar-refractivity contribution >= 4 is 15.7 Å². The number of hydrogen-bond donors (Lipinski definition) is 1. The first-order chi connectivity index (χ1) is 9.42. The molecule has 0 heterocycles. The molecule has 0 amide bonds. The number of hydrogen-bond acceptors (Lipinski definition) is 2. The Morgan fingerprint density at radius 1 is 0.950 bits per heavy atom. The molecule has 0 unspecified atom stereocenters. The van der Waals surface area contributed by atoms with Gasteiger partial charge in [-0.25, -0.2) is 8.42 Å². The van der Waals surface area contributed by atoms with E-state index in [1.165, 1.54) is 0 Å². The van der Waals surface area contributed by atoms with Crippen molar-refractivity contribution in [2.75, 3.05) is 4.72 Å². The number of benzene rings is 2. The summed E-state index contributed by atoms with van der Waals surface area (Å²) in [6.07, 6.45) is 0.894. The van der Waals surface area contributed by atoms with Gasteiger partial charge in [0.05, 0.1) is 4.90 Å². The highest BCUT2D eigenvalue weighted by Crippen LogP contribution is 2.19. The molecule has 0 bridgehead atoms. The van der Waals surface area contributed by atoms with Gasteiger partial charge in [0.25, 0.3) is 10.0 Å². The van der Waals surface area contributed by atoms with Gasteiger partial charge in [0, 0.05) is 5.69 Å². The first-order valence-electron chi connectivity index (χ1n) is 6.61. The van der Waals surface area contributed by atoms with E-state index in [4.69, 9.17) is 0 Å². The van der Waals surface area contributed by atoms with Crippen LogP contribution in [0.15, 0.2) is 47.4 Å². The first-order valence-corrected chi connectivity index (χ1v) is 8.09. The second-order valence-corrected chi connectivity index (χ2v) is 6.58. The molecule has 106 valence electrons. The fourth-order valence-electron chi connectivity index (χ4n) is 1.92. The van der Waals surface area contributed by atoms with E-state index in [1.807, 2.05) is 45.0 Å². The van der Waals surface area contributed by atoms with E-state index in [9.17, 15) is 8.42 Å². The van der Waals surface area contributed by atoms with Crippen LogP contribution in [-0.2, 0) is 16.4 Å². The maximum absolute atomic E-state index is 12.3. The van der Waals surface area contributed by atoms with Gasteiger partial charge < -0.3 is 0 Å². The summed E-state index contributed by atoms with van der Waals surface area (Å²) in [5, 5.41) is 0. The molecule has 3 nitrogen and oxygen atoms in total. The lowest BCUT2D eigenvalue weighted by molar-refractivity contribution is 0.601. The van der Waals surface area contributed by atoms with Crippen LogP contribution in [0.4, 0.5) is 5.69 Å². The second-order valence-electron chi connectivity index (χ2n) is 4.90. The average Bonchev–Trinajstić information content (AvgIpc) is 2.43. The smallest absolute Gasteiger partial charge is 0.261 e. The Morgan fingerprint density at radius 2 is 1.60 bits per heavy atom. The molecule has 0 saturated carbocycles. The molecule has 0 aliphatic carbocycles. The van der Waals surface area contributed by atoms with Crippen molar-refractivity contribution in [2.45, 2.75) is 32.1 Å². The summed E-state index contributed by atoms with van der Waals surface area (Å²) in [6.45, 7) is 6.00. The van der Waals surface area contributed by atoms with Gasteiger partial charge in [0.1, 0.15) is 0 Å². The van der Waals surface area contributed by atoms with Crippen LogP contribution in [0, 0.1) is 13.8 Å². The molecule has 4 heteroatoms. The molecule has 0 radical (unpaired) electrons. The lowest BCUT2D eigenvalue weighted by Crippen LogP contribution is -2.13. The molecular weight excluding hydrogens is 270 g/mol. The van der Waals surface area contributed by atoms with Crippen LogP contribution in [-0.4, -0.2) is 8.42 Å². The van der Waals surface area contributed by atoms with Gasteiger partial charge in [-0.1, -0.05) is 25.1 Å². The van der Waals surface area contributed by atoms with Gasteiger partial charge in [-0.15, -0.1) is 0 Å². The van der Waals surface area contributed by atoms with Crippen molar-refractivity contribution in [3.8, 4) is 0 Å². The molecule has 0 atom stereocenters. The highest BCUT2D eigenvalue weighted by atomic mass is 32.2. The van der Waals surface area contributed by atoms with Crippen LogP contribution in [0.2, 0.25) is 0 Å². The molecule has 2 aromatic rings. The van der Waals surface area contributed by atoms with Crippen molar-refractivity contribution in [3.63, 3.8) is 0 Å². The minimum Gasteiger partial charge on any atom is -0.280 e. The molecule has 20 heavy (non-hydrogen) atoms. The Balaban J connectivity index is 2.27. The fraction of sp³-hybridized carbons (Fsp3) is 0.250. The van der Waals surface area contributed by atoms with E-state index < -0.39 is 10.0 Å². The highest BCUT2D eigenvalue weighted by molar-refractivity contribution is 7.92. The van der Waals surface area contributed by atoms with Crippen molar-refractivity contribution in [3.05, 3.63) is 59.2 Å². The van der Waals surface area contributed by atoms with E-state index in [0.717, 1.165) is 23.1 Å². The van der Waals surface area contributed by atoms with Gasteiger partial charge in [0.2, 0.25) is 0 Å². The van der Waals surface area contributed by atoms with E-state index >= 15 is 0 Å². The lowest BCUT2D eigenvalue weighted by Gasteiger charge is -2.10. The standard InChI is InChI=1S/C16H19NO2S/c1-4-14-6-9-16(10-7-14)20(18,19)17-15-8-5-12(2)13(3)11-15/h5-11,17H,4H2,1-3H3. The Labute approximate surface area is 120 Å². The first kappa shape index (κ1) is 14.6. The Kier molecular flexibility index (Phi) is 4.14.